The maximum atomic E-state index is 3.67. The molecule has 24 heavy (non-hydrogen) atoms. The highest BCUT2D eigenvalue weighted by atomic mass is 14.9. The summed E-state index contributed by atoms with van der Waals surface area (Å²) in [7, 11) is 0. The van der Waals surface area contributed by atoms with Crippen molar-refractivity contribution < 1.29 is 0 Å². The summed E-state index contributed by atoms with van der Waals surface area (Å²) >= 11 is 0. The fourth-order valence-electron chi connectivity index (χ4n) is 4.66. The van der Waals surface area contributed by atoms with Crippen molar-refractivity contribution in [3.63, 3.8) is 0 Å². The van der Waals surface area contributed by atoms with Crippen LogP contribution in [0.15, 0.2) is 30.3 Å². The lowest BCUT2D eigenvalue weighted by atomic mass is 9.85. The highest BCUT2D eigenvalue weighted by Crippen LogP contribution is 2.48. The van der Waals surface area contributed by atoms with Crippen molar-refractivity contribution in [1.29, 1.82) is 0 Å². The monoisotopic (exact) mass is 330 g/mol. The highest BCUT2D eigenvalue weighted by molar-refractivity contribution is 5.42. The van der Waals surface area contributed by atoms with Gasteiger partial charge in [0.1, 0.15) is 0 Å². The predicted molar refractivity (Wildman–Crippen MR) is 106 cm³/mol. The fraction of sp³-hybridized carbons (Fsp3) is 0.727. The summed E-state index contributed by atoms with van der Waals surface area (Å²) in [5.74, 6) is 4.20. The van der Waals surface area contributed by atoms with Gasteiger partial charge in [-0.2, -0.15) is 0 Å². The number of anilines is 1. The van der Waals surface area contributed by atoms with Gasteiger partial charge >= 0.3 is 0 Å². The van der Waals surface area contributed by atoms with E-state index in [-0.39, 0.29) is 5.54 Å². The molecule has 1 fully saturated rings. The van der Waals surface area contributed by atoms with Crippen molar-refractivity contribution in [3.05, 3.63) is 30.3 Å². The summed E-state index contributed by atoms with van der Waals surface area (Å²) in [6, 6.07) is 10.6. The molecule has 0 radical (unpaired) electrons. The molecule has 2 heteroatoms. The molecular weight excluding hydrogens is 292 g/mol. The standard InChI is InChI=1S/C22H38N2/c1-16-17(2)21(13-15-24-22(4,5)6)18(3)20(16)12-14-23-19-10-8-7-9-11-19/h7-11,16-18,20-21,23-24H,12-15H2,1-6H3. The Morgan fingerprint density at radius 3 is 1.88 bits per heavy atom. The minimum Gasteiger partial charge on any atom is -0.385 e. The molecule has 0 aromatic heterocycles. The number of para-hydroxylation sites is 1. The van der Waals surface area contributed by atoms with E-state index in [1.165, 1.54) is 18.5 Å². The summed E-state index contributed by atoms with van der Waals surface area (Å²) < 4.78 is 0. The maximum Gasteiger partial charge on any atom is 0.0340 e. The Kier molecular flexibility index (Phi) is 6.74. The van der Waals surface area contributed by atoms with Crippen LogP contribution in [0.2, 0.25) is 0 Å². The first-order valence-electron chi connectivity index (χ1n) is 9.83. The number of hydrogen-bond donors (Lipinski definition) is 2. The molecule has 0 heterocycles. The quantitative estimate of drug-likeness (QED) is 0.697. The zero-order chi connectivity index (χ0) is 17.7. The van der Waals surface area contributed by atoms with E-state index >= 15 is 0 Å². The van der Waals surface area contributed by atoms with E-state index in [0.29, 0.717) is 0 Å². The molecule has 136 valence electrons. The molecule has 1 aliphatic rings. The van der Waals surface area contributed by atoms with Crippen LogP contribution >= 0.6 is 0 Å². The minimum absolute atomic E-state index is 0.232. The molecule has 1 aromatic rings. The Labute approximate surface area is 149 Å². The van der Waals surface area contributed by atoms with Gasteiger partial charge in [0.15, 0.2) is 0 Å². The van der Waals surface area contributed by atoms with Gasteiger partial charge in [0, 0.05) is 17.8 Å². The third-order valence-corrected chi connectivity index (χ3v) is 6.24. The summed E-state index contributed by atoms with van der Waals surface area (Å²) in [5.41, 5.74) is 1.48. The molecule has 0 saturated heterocycles. The Balaban J connectivity index is 1.82. The molecule has 0 amide bonds. The van der Waals surface area contributed by atoms with E-state index in [4.69, 9.17) is 0 Å². The van der Waals surface area contributed by atoms with Gasteiger partial charge in [-0.25, -0.2) is 0 Å². The van der Waals surface area contributed by atoms with Gasteiger partial charge < -0.3 is 10.6 Å². The number of rotatable bonds is 7. The van der Waals surface area contributed by atoms with Crippen LogP contribution in [0.1, 0.15) is 54.4 Å². The van der Waals surface area contributed by atoms with Gasteiger partial charge in [-0.05, 0) is 81.9 Å². The summed E-state index contributed by atoms with van der Waals surface area (Å²) in [6.07, 6.45) is 2.59. The van der Waals surface area contributed by atoms with Crippen molar-refractivity contribution >= 4 is 5.69 Å². The zero-order valence-corrected chi connectivity index (χ0v) is 16.6. The van der Waals surface area contributed by atoms with Crippen molar-refractivity contribution in [2.45, 2.75) is 59.9 Å². The van der Waals surface area contributed by atoms with Crippen LogP contribution in [0, 0.1) is 29.6 Å². The first-order chi connectivity index (χ1) is 11.3. The second-order valence-electron chi connectivity index (χ2n) is 8.95. The average Bonchev–Trinajstić information content (AvgIpc) is 2.72. The largest absolute Gasteiger partial charge is 0.385 e. The molecule has 0 spiro atoms. The molecule has 2 N–H and O–H groups in total. The average molecular weight is 331 g/mol. The molecule has 2 nitrogen and oxygen atoms in total. The first-order valence-corrected chi connectivity index (χ1v) is 9.83. The molecule has 1 saturated carbocycles. The first kappa shape index (κ1) is 19.3. The van der Waals surface area contributed by atoms with Crippen LogP contribution in [0.3, 0.4) is 0 Å². The van der Waals surface area contributed by atoms with Crippen LogP contribution < -0.4 is 10.6 Å². The van der Waals surface area contributed by atoms with E-state index in [1.807, 2.05) is 0 Å². The lowest BCUT2D eigenvalue weighted by Gasteiger charge is -2.26. The third-order valence-electron chi connectivity index (χ3n) is 6.24. The number of benzene rings is 1. The Morgan fingerprint density at radius 1 is 0.792 bits per heavy atom. The number of hydrogen-bond acceptors (Lipinski definition) is 2. The highest BCUT2D eigenvalue weighted by Gasteiger charge is 2.42. The predicted octanol–water partition coefficient (Wildman–Crippen LogP) is 5.42. The normalized spacial score (nSPS) is 30.5. The third kappa shape index (κ3) is 5.24. The van der Waals surface area contributed by atoms with Crippen molar-refractivity contribution in [1.82, 2.24) is 5.32 Å². The zero-order valence-electron chi connectivity index (χ0n) is 16.6. The second-order valence-corrected chi connectivity index (χ2v) is 8.95. The van der Waals surface area contributed by atoms with E-state index in [1.54, 1.807) is 0 Å². The molecule has 1 aliphatic carbocycles. The topological polar surface area (TPSA) is 24.1 Å². The number of nitrogens with one attached hydrogen (secondary N) is 2. The van der Waals surface area contributed by atoms with Gasteiger partial charge in [-0.15, -0.1) is 0 Å². The maximum absolute atomic E-state index is 3.67. The Morgan fingerprint density at radius 2 is 1.33 bits per heavy atom. The molecule has 1 aromatic carbocycles. The van der Waals surface area contributed by atoms with E-state index < -0.39 is 0 Å². The van der Waals surface area contributed by atoms with Crippen LogP contribution in [-0.4, -0.2) is 18.6 Å². The van der Waals surface area contributed by atoms with Crippen LogP contribution in [0.25, 0.3) is 0 Å². The van der Waals surface area contributed by atoms with Crippen molar-refractivity contribution in [2.75, 3.05) is 18.4 Å². The van der Waals surface area contributed by atoms with E-state index in [0.717, 1.165) is 42.7 Å². The lowest BCUT2D eigenvalue weighted by Crippen LogP contribution is -2.37. The van der Waals surface area contributed by atoms with Gasteiger partial charge in [0.2, 0.25) is 0 Å². The summed E-state index contributed by atoms with van der Waals surface area (Å²) in [5, 5.41) is 7.26. The summed E-state index contributed by atoms with van der Waals surface area (Å²) in [4.78, 5) is 0. The van der Waals surface area contributed by atoms with Crippen LogP contribution in [-0.2, 0) is 0 Å². The van der Waals surface area contributed by atoms with E-state index in [9.17, 15) is 0 Å². The van der Waals surface area contributed by atoms with E-state index in [2.05, 4.69) is 82.5 Å². The Bertz CT molecular complexity index is 476. The van der Waals surface area contributed by atoms with Crippen LogP contribution in [0.5, 0.6) is 0 Å². The fourth-order valence-corrected chi connectivity index (χ4v) is 4.66. The Hall–Kier alpha value is -1.02. The SMILES string of the molecule is CC1C(C)C(CCNC(C)(C)C)C(C)C1CCNc1ccccc1. The minimum atomic E-state index is 0.232. The van der Waals surface area contributed by atoms with Crippen LogP contribution in [0.4, 0.5) is 5.69 Å². The molecule has 5 atom stereocenters. The van der Waals surface area contributed by atoms with Gasteiger partial charge in [-0.3, -0.25) is 0 Å². The molecule has 2 rings (SSSR count). The molecule has 0 aliphatic heterocycles. The van der Waals surface area contributed by atoms with Crippen molar-refractivity contribution in [2.24, 2.45) is 29.6 Å². The van der Waals surface area contributed by atoms with Gasteiger partial charge in [-0.1, -0.05) is 39.0 Å². The second kappa shape index (κ2) is 8.38. The molecule has 5 unspecified atom stereocenters. The molecule has 0 bridgehead atoms. The van der Waals surface area contributed by atoms with Crippen molar-refractivity contribution in [3.8, 4) is 0 Å². The van der Waals surface area contributed by atoms with Gasteiger partial charge in [0.05, 0.1) is 0 Å². The smallest absolute Gasteiger partial charge is 0.0340 e. The van der Waals surface area contributed by atoms with Gasteiger partial charge in [0.25, 0.3) is 0 Å². The lowest BCUT2D eigenvalue weighted by molar-refractivity contribution is 0.276. The summed E-state index contributed by atoms with van der Waals surface area (Å²) in [6.45, 7) is 16.5. The molecular formula is C22H38N2.